The lowest BCUT2D eigenvalue weighted by Crippen LogP contribution is -1.95. The van der Waals surface area contributed by atoms with Gasteiger partial charge in [-0.25, -0.2) is 0 Å². The molecule has 2 aromatic rings. The minimum absolute atomic E-state index is 0.354. The van der Waals surface area contributed by atoms with Crippen molar-refractivity contribution >= 4 is 32.4 Å². The smallest absolute Gasteiger partial charge is 0.203 e. The van der Waals surface area contributed by atoms with Crippen LogP contribution in [0.3, 0.4) is 0 Å². The Bertz CT molecular complexity index is 461. The molecule has 0 atom stereocenters. The Hall–Kier alpha value is -1.21. The fraction of sp³-hybridized carbons (Fsp3) is 0.125. The second kappa shape index (κ2) is 4.54. The number of nitrogen functional groups attached to an aromatic ring is 1. The van der Waals surface area contributed by atoms with Crippen molar-refractivity contribution in [3.05, 3.63) is 27.9 Å². The highest BCUT2D eigenvalue weighted by Gasteiger charge is 2.02. The average Bonchev–Trinajstić information content (AvgIpc) is 2.62. The Balaban J connectivity index is 1.99. The van der Waals surface area contributed by atoms with Gasteiger partial charge in [-0.05, 0) is 22.0 Å². The zero-order valence-corrected chi connectivity index (χ0v) is 9.96. The van der Waals surface area contributed by atoms with Crippen molar-refractivity contribution in [3.63, 3.8) is 0 Å². The van der Waals surface area contributed by atoms with Gasteiger partial charge in [-0.2, -0.15) is 0 Å². The van der Waals surface area contributed by atoms with E-state index in [0.29, 0.717) is 17.5 Å². The average molecular weight is 287 g/mol. The molecule has 0 amide bonds. The van der Waals surface area contributed by atoms with Gasteiger partial charge in [0.15, 0.2) is 5.01 Å². The lowest BCUT2D eigenvalue weighted by atomic mass is 10.5. The van der Waals surface area contributed by atoms with Gasteiger partial charge >= 0.3 is 0 Å². The van der Waals surface area contributed by atoms with Crippen molar-refractivity contribution in [1.29, 1.82) is 0 Å². The van der Waals surface area contributed by atoms with E-state index in [4.69, 9.17) is 10.5 Å². The van der Waals surface area contributed by atoms with Crippen LogP contribution in [0.5, 0.6) is 5.75 Å². The maximum atomic E-state index is 5.45. The van der Waals surface area contributed by atoms with Crippen LogP contribution in [0.25, 0.3) is 0 Å². The summed E-state index contributed by atoms with van der Waals surface area (Å²) < 4.78 is 6.32. The second-order valence-electron chi connectivity index (χ2n) is 2.66. The molecular weight excluding hydrogens is 280 g/mol. The number of anilines is 1. The van der Waals surface area contributed by atoms with Crippen LogP contribution in [-0.2, 0) is 6.61 Å². The third-order valence-electron chi connectivity index (χ3n) is 1.52. The molecule has 0 aliphatic rings. The Kier molecular flexibility index (Phi) is 3.12. The van der Waals surface area contributed by atoms with Gasteiger partial charge in [0.2, 0.25) is 5.13 Å². The van der Waals surface area contributed by atoms with E-state index in [1.165, 1.54) is 11.3 Å². The molecule has 0 unspecified atom stereocenters. The predicted octanol–water partition coefficient (Wildman–Crippen LogP) is 1.86. The molecule has 2 N–H and O–H groups in total. The van der Waals surface area contributed by atoms with Gasteiger partial charge in [-0.15, -0.1) is 10.2 Å². The summed E-state index contributed by atoms with van der Waals surface area (Å²) in [5, 5.41) is 8.72. The number of nitrogens with two attached hydrogens (primary N) is 1. The van der Waals surface area contributed by atoms with Crippen LogP contribution < -0.4 is 10.5 Å². The third kappa shape index (κ3) is 2.87. The number of rotatable bonds is 3. The Morgan fingerprint density at radius 3 is 2.93 bits per heavy atom. The number of nitrogens with zero attached hydrogens (tertiary/aromatic N) is 3. The largest absolute Gasteiger partial charge is 0.485 e. The van der Waals surface area contributed by atoms with E-state index in [1.807, 2.05) is 6.07 Å². The van der Waals surface area contributed by atoms with Crippen molar-refractivity contribution in [3.8, 4) is 5.75 Å². The molecule has 2 heterocycles. The second-order valence-corrected chi connectivity index (χ2v) is 4.67. The third-order valence-corrected chi connectivity index (χ3v) is 2.68. The van der Waals surface area contributed by atoms with Crippen LogP contribution in [0.1, 0.15) is 5.01 Å². The van der Waals surface area contributed by atoms with Crippen LogP contribution in [0.2, 0.25) is 0 Å². The quantitative estimate of drug-likeness (QED) is 0.932. The van der Waals surface area contributed by atoms with Crippen LogP contribution in [0, 0.1) is 0 Å². The molecule has 0 bridgehead atoms. The monoisotopic (exact) mass is 286 g/mol. The van der Waals surface area contributed by atoms with Gasteiger partial charge in [0.1, 0.15) is 12.4 Å². The molecule has 2 aromatic heterocycles. The van der Waals surface area contributed by atoms with Crippen molar-refractivity contribution < 1.29 is 4.74 Å². The van der Waals surface area contributed by atoms with Gasteiger partial charge in [0.05, 0.1) is 6.20 Å². The SMILES string of the molecule is Nc1nnc(COc2cncc(Br)c2)s1. The number of pyridine rings is 1. The molecule has 0 aliphatic carbocycles. The summed E-state index contributed by atoms with van der Waals surface area (Å²) in [6.45, 7) is 0.354. The first kappa shape index (κ1) is 10.3. The standard InChI is InChI=1S/C8H7BrN4OS/c9-5-1-6(3-11-2-5)14-4-7-12-13-8(10)15-7/h1-3H,4H2,(H2,10,13). The normalized spacial score (nSPS) is 10.2. The molecule has 0 fully saturated rings. The highest BCUT2D eigenvalue weighted by atomic mass is 79.9. The summed E-state index contributed by atoms with van der Waals surface area (Å²) in [4.78, 5) is 3.97. The molecule has 0 aromatic carbocycles. The van der Waals surface area contributed by atoms with Crippen molar-refractivity contribution in [2.75, 3.05) is 5.73 Å². The number of hydrogen-bond acceptors (Lipinski definition) is 6. The molecule has 15 heavy (non-hydrogen) atoms. The van der Waals surface area contributed by atoms with Crippen molar-refractivity contribution in [1.82, 2.24) is 15.2 Å². The summed E-state index contributed by atoms with van der Waals surface area (Å²) >= 11 is 4.61. The van der Waals surface area contributed by atoms with Gasteiger partial charge in [0.25, 0.3) is 0 Å². The van der Waals surface area contributed by atoms with E-state index < -0.39 is 0 Å². The van der Waals surface area contributed by atoms with E-state index in [0.717, 1.165) is 9.48 Å². The van der Waals surface area contributed by atoms with Crippen molar-refractivity contribution in [2.45, 2.75) is 6.61 Å². The van der Waals surface area contributed by atoms with Crippen LogP contribution in [0.15, 0.2) is 22.9 Å². The minimum atomic E-state index is 0.354. The van der Waals surface area contributed by atoms with E-state index in [9.17, 15) is 0 Å². The highest BCUT2D eigenvalue weighted by molar-refractivity contribution is 9.10. The van der Waals surface area contributed by atoms with Gasteiger partial charge in [-0.1, -0.05) is 11.3 Å². The molecule has 5 nitrogen and oxygen atoms in total. The van der Waals surface area contributed by atoms with E-state index in [1.54, 1.807) is 12.4 Å². The summed E-state index contributed by atoms with van der Waals surface area (Å²) in [5.74, 6) is 0.679. The fourth-order valence-corrected chi connectivity index (χ4v) is 1.81. The first-order chi connectivity index (χ1) is 7.24. The van der Waals surface area contributed by atoms with E-state index in [-0.39, 0.29) is 0 Å². The lowest BCUT2D eigenvalue weighted by Gasteiger charge is -2.02. The van der Waals surface area contributed by atoms with Crippen LogP contribution in [-0.4, -0.2) is 15.2 Å². The molecule has 0 saturated heterocycles. The van der Waals surface area contributed by atoms with Crippen LogP contribution >= 0.6 is 27.3 Å². The molecular formula is C8H7BrN4OS. The first-order valence-corrected chi connectivity index (χ1v) is 5.66. The number of ether oxygens (including phenoxy) is 1. The summed E-state index contributed by atoms with van der Waals surface area (Å²) in [7, 11) is 0. The van der Waals surface area contributed by atoms with Gasteiger partial charge in [-0.3, -0.25) is 4.98 Å². The van der Waals surface area contributed by atoms with E-state index in [2.05, 4.69) is 31.1 Å². The van der Waals surface area contributed by atoms with Gasteiger partial charge in [0, 0.05) is 10.7 Å². The number of aromatic nitrogens is 3. The summed E-state index contributed by atoms with van der Waals surface area (Å²) in [6.07, 6.45) is 3.32. The molecule has 0 aliphatic heterocycles. The maximum absolute atomic E-state index is 5.45. The fourth-order valence-electron chi connectivity index (χ4n) is 0.941. The van der Waals surface area contributed by atoms with E-state index >= 15 is 0 Å². The molecule has 0 spiro atoms. The summed E-state index contributed by atoms with van der Waals surface area (Å²) in [6, 6.07) is 1.83. The first-order valence-electron chi connectivity index (χ1n) is 4.05. The zero-order chi connectivity index (χ0) is 10.7. The minimum Gasteiger partial charge on any atom is -0.485 e. The molecule has 7 heteroatoms. The number of hydrogen-bond donors (Lipinski definition) is 1. The molecule has 0 saturated carbocycles. The van der Waals surface area contributed by atoms with Crippen molar-refractivity contribution in [2.24, 2.45) is 0 Å². The maximum Gasteiger partial charge on any atom is 0.203 e. The highest BCUT2D eigenvalue weighted by Crippen LogP contribution is 2.18. The predicted molar refractivity (Wildman–Crippen MR) is 60.6 cm³/mol. The number of halogens is 1. The van der Waals surface area contributed by atoms with Crippen LogP contribution in [0.4, 0.5) is 5.13 Å². The van der Waals surface area contributed by atoms with Gasteiger partial charge < -0.3 is 10.5 Å². The lowest BCUT2D eigenvalue weighted by molar-refractivity contribution is 0.303. The molecule has 2 rings (SSSR count). The summed E-state index contributed by atoms with van der Waals surface area (Å²) in [5.41, 5.74) is 5.44. The Morgan fingerprint density at radius 2 is 2.27 bits per heavy atom. The molecule has 78 valence electrons. The Morgan fingerprint density at radius 1 is 1.40 bits per heavy atom. The molecule has 0 radical (unpaired) electrons. The zero-order valence-electron chi connectivity index (χ0n) is 7.55. The topological polar surface area (TPSA) is 73.9 Å². The Labute approximate surface area is 98.4 Å².